The van der Waals surface area contributed by atoms with Gasteiger partial charge in [-0.25, -0.2) is 4.39 Å². The first kappa shape index (κ1) is 19.0. The molecule has 0 fully saturated rings. The summed E-state index contributed by atoms with van der Waals surface area (Å²) < 4.78 is 19.7. The molecule has 1 unspecified atom stereocenters. The number of ether oxygens (including phenoxy) is 1. The van der Waals surface area contributed by atoms with Crippen LogP contribution < -0.4 is 10.3 Å². The fraction of sp³-hybridized carbons (Fsp3) is 0.333. The van der Waals surface area contributed by atoms with Gasteiger partial charge in [-0.15, -0.1) is 0 Å². The number of pyridine rings is 1. The van der Waals surface area contributed by atoms with Crippen molar-refractivity contribution in [3.8, 4) is 16.9 Å². The molecule has 5 nitrogen and oxygen atoms in total. The molecule has 25 heavy (non-hydrogen) atoms. The van der Waals surface area contributed by atoms with Crippen LogP contribution in [-0.2, 0) is 4.79 Å². The molecule has 2 N–H and O–H groups in total. The fourth-order valence-electron chi connectivity index (χ4n) is 2.86. The molecule has 1 aromatic heterocycles. The summed E-state index contributed by atoms with van der Waals surface area (Å²) in [5.74, 6) is -2.84. The van der Waals surface area contributed by atoms with Gasteiger partial charge in [0.15, 0.2) is 0 Å². The Morgan fingerprint density at radius 1 is 1.36 bits per heavy atom. The van der Waals surface area contributed by atoms with Crippen LogP contribution in [0.1, 0.15) is 32.3 Å². The number of halogens is 2. The number of benzene rings is 1. The Bertz CT molecular complexity index is 870. The van der Waals surface area contributed by atoms with Crippen LogP contribution in [0.4, 0.5) is 4.39 Å². The van der Waals surface area contributed by atoms with Gasteiger partial charge < -0.3 is 14.8 Å². The van der Waals surface area contributed by atoms with Crippen molar-refractivity contribution in [2.24, 2.45) is 5.41 Å². The third kappa shape index (κ3) is 3.69. The molecule has 0 aliphatic heterocycles. The van der Waals surface area contributed by atoms with Gasteiger partial charge in [0.25, 0.3) is 5.56 Å². The van der Waals surface area contributed by atoms with E-state index in [0.717, 1.165) is 6.07 Å². The van der Waals surface area contributed by atoms with E-state index in [1.54, 1.807) is 20.8 Å². The lowest BCUT2D eigenvalue weighted by Gasteiger charge is -2.29. The minimum atomic E-state index is -1.19. The molecule has 0 saturated carbocycles. The van der Waals surface area contributed by atoms with Crippen LogP contribution in [0.5, 0.6) is 5.75 Å². The van der Waals surface area contributed by atoms with Gasteiger partial charge in [-0.05, 0) is 23.6 Å². The Balaban J connectivity index is 2.96. The van der Waals surface area contributed by atoms with Gasteiger partial charge in [-0.3, -0.25) is 9.59 Å². The summed E-state index contributed by atoms with van der Waals surface area (Å²) in [6, 6.07) is 3.88. The molecular weight excluding hydrogens is 349 g/mol. The highest BCUT2D eigenvalue weighted by molar-refractivity contribution is 6.30. The Morgan fingerprint density at radius 3 is 2.52 bits per heavy atom. The zero-order chi connectivity index (χ0) is 18.9. The minimum absolute atomic E-state index is 0.0148. The predicted octanol–water partition coefficient (Wildman–Crippen LogP) is 4.06. The van der Waals surface area contributed by atoms with Crippen molar-refractivity contribution < 1.29 is 19.0 Å². The predicted molar refractivity (Wildman–Crippen MR) is 93.9 cm³/mol. The number of carbonyl (C=O) groups is 1. The number of nitrogens with one attached hydrogen (secondary N) is 1. The van der Waals surface area contributed by atoms with Crippen molar-refractivity contribution in [3.05, 3.63) is 51.2 Å². The van der Waals surface area contributed by atoms with Crippen molar-refractivity contribution in [1.29, 1.82) is 0 Å². The number of methoxy groups -OCH3 is 1. The Kier molecular flexibility index (Phi) is 5.23. The first-order valence-electron chi connectivity index (χ1n) is 7.55. The average Bonchev–Trinajstić information content (AvgIpc) is 2.50. The third-order valence-electron chi connectivity index (χ3n) is 3.91. The molecule has 1 aromatic carbocycles. The quantitative estimate of drug-likeness (QED) is 0.854. The van der Waals surface area contributed by atoms with Crippen LogP contribution in [0.15, 0.2) is 29.2 Å². The number of aromatic amines is 1. The molecule has 0 aliphatic rings. The lowest BCUT2D eigenvalue weighted by atomic mass is 9.74. The molecule has 7 heteroatoms. The second-order valence-corrected chi connectivity index (χ2v) is 7.17. The first-order chi connectivity index (χ1) is 11.6. The van der Waals surface area contributed by atoms with Crippen LogP contribution >= 0.6 is 11.6 Å². The van der Waals surface area contributed by atoms with Crippen LogP contribution in [0.3, 0.4) is 0 Å². The van der Waals surface area contributed by atoms with E-state index in [-0.39, 0.29) is 27.5 Å². The molecule has 2 aromatic rings. The summed E-state index contributed by atoms with van der Waals surface area (Å²) >= 11 is 5.98. The Labute approximate surface area is 149 Å². The largest absolute Gasteiger partial charge is 0.495 e. The van der Waals surface area contributed by atoms with Crippen molar-refractivity contribution in [1.82, 2.24) is 4.98 Å². The number of H-pyrrole nitrogens is 1. The van der Waals surface area contributed by atoms with E-state index in [9.17, 15) is 19.1 Å². The molecule has 0 amide bonds. The van der Waals surface area contributed by atoms with Gasteiger partial charge >= 0.3 is 5.97 Å². The summed E-state index contributed by atoms with van der Waals surface area (Å²) in [4.78, 5) is 26.9. The van der Waals surface area contributed by atoms with Gasteiger partial charge in [-0.2, -0.15) is 0 Å². The third-order valence-corrected chi connectivity index (χ3v) is 4.15. The fourth-order valence-corrected chi connectivity index (χ4v) is 3.03. The second kappa shape index (κ2) is 6.88. The standard InChI is InChI=1S/C18H19ClFNO4/c1-18(2,3)15(17(23)24)14-13(12(25-4)8-21-16(14)22)10-7-9(19)5-6-11(10)20/h5-8,15H,1-4H3,(H,21,22)(H,23,24). The maximum Gasteiger partial charge on any atom is 0.311 e. The number of aromatic nitrogens is 1. The SMILES string of the molecule is COc1c[nH]c(=O)c(C(C(=O)O)C(C)(C)C)c1-c1cc(Cl)ccc1F. The molecule has 0 saturated heterocycles. The minimum Gasteiger partial charge on any atom is -0.495 e. The summed E-state index contributed by atoms with van der Waals surface area (Å²) in [5.41, 5.74) is -1.37. The maximum atomic E-state index is 14.5. The average molecular weight is 368 g/mol. The molecule has 0 spiro atoms. The van der Waals surface area contributed by atoms with Crippen molar-refractivity contribution >= 4 is 17.6 Å². The smallest absolute Gasteiger partial charge is 0.311 e. The van der Waals surface area contributed by atoms with Crippen LogP contribution in [0.25, 0.3) is 11.1 Å². The van der Waals surface area contributed by atoms with Crippen molar-refractivity contribution in [2.45, 2.75) is 26.7 Å². The first-order valence-corrected chi connectivity index (χ1v) is 7.93. The molecular formula is C18H19ClFNO4. The molecule has 2 rings (SSSR count). The molecule has 0 aliphatic carbocycles. The molecule has 1 heterocycles. The Morgan fingerprint density at radius 2 is 2.00 bits per heavy atom. The topological polar surface area (TPSA) is 79.4 Å². The van der Waals surface area contributed by atoms with Crippen molar-refractivity contribution in [2.75, 3.05) is 7.11 Å². The number of carboxylic acid groups (broad SMARTS) is 1. The highest BCUT2D eigenvalue weighted by atomic mass is 35.5. The van der Waals surface area contributed by atoms with E-state index < -0.39 is 28.7 Å². The summed E-state index contributed by atoms with van der Waals surface area (Å²) in [7, 11) is 1.36. The number of rotatable bonds is 4. The van der Waals surface area contributed by atoms with Gasteiger partial charge in [-0.1, -0.05) is 32.4 Å². The van der Waals surface area contributed by atoms with Crippen LogP contribution in [0.2, 0.25) is 5.02 Å². The van der Waals surface area contributed by atoms with Gasteiger partial charge in [0.2, 0.25) is 0 Å². The Hall–Kier alpha value is -2.34. The van der Waals surface area contributed by atoms with E-state index in [4.69, 9.17) is 16.3 Å². The van der Waals surface area contributed by atoms with Gasteiger partial charge in [0, 0.05) is 27.9 Å². The number of hydrogen-bond donors (Lipinski definition) is 2. The van der Waals surface area contributed by atoms with Crippen molar-refractivity contribution in [3.63, 3.8) is 0 Å². The summed E-state index contributed by atoms with van der Waals surface area (Å²) in [5, 5.41) is 9.99. The maximum absolute atomic E-state index is 14.5. The highest BCUT2D eigenvalue weighted by Gasteiger charge is 2.38. The van der Waals surface area contributed by atoms with E-state index in [1.807, 2.05) is 0 Å². The lowest BCUT2D eigenvalue weighted by molar-refractivity contribution is -0.141. The number of carboxylic acids is 1. The second-order valence-electron chi connectivity index (χ2n) is 6.74. The zero-order valence-corrected chi connectivity index (χ0v) is 15.1. The summed E-state index contributed by atoms with van der Waals surface area (Å²) in [6.45, 7) is 5.09. The van der Waals surface area contributed by atoms with Gasteiger partial charge in [0.05, 0.1) is 13.0 Å². The zero-order valence-electron chi connectivity index (χ0n) is 14.3. The van der Waals surface area contributed by atoms with E-state index >= 15 is 0 Å². The summed E-state index contributed by atoms with van der Waals surface area (Å²) in [6.07, 6.45) is 1.28. The molecule has 1 atom stereocenters. The van der Waals surface area contributed by atoms with Crippen LogP contribution in [0, 0.1) is 11.2 Å². The molecule has 0 bridgehead atoms. The van der Waals surface area contributed by atoms with E-state index in [0.29, 0.717) is 0 Å². The van der Waals surface area contributed by atoms with Gasteiger partial charge in [0.1, 0.15) is 11.6 Å². The lowest BCUT2D eigenvalue weighted by Crippen LogP contribution is -2.32. The number of aliphatic carboxylic acids is 1. The monoisotopic (exact) mass is 367 g/mol. The molecule has 0 radical (unpaired) electrons. The van der Waals surface area contributed by atoms with E-state index in [1.165, 1.54) is 25.4 Å². The molecule has 134 valence electrons. The highest BCUT2D eigenvalue weighted by Crippen LogP contribution is 2.42. The number of hydrogen-bond acceptors (Lipinski definition) is 3. The normalized spacial score (nSPS) is 12.7. The van der Waals surface area contributed by atoms with Crippen LogP contribution in [-0.4, -0.2) is 23.2 Å². The van der Waals surface area contributed by atoms with E-state index in [2.05, 4.69) is 4.98 Å².